The van der Waals surface area contributed by atoms with Gasteiger partial charge in [0.1, 0.15) is 0 Å². The second kappa shape index (κ2) is 4.39. The van der Waals surface area contributed by atoms with Crippen LogP contribution >= 0.6 is 11.3 Å². The first-order valence-electron chi connectivity index (χ1n) is 4.12. The highest BCUT2D eigenvalue weighted by Crippen LogP contribution is 2.24. The van der Waals surface area contributed by atoms with Gasteiger partial charge in [0.15, 0.2) is 0 Å². The summed E-state index contributed by atoms with van der Waals surface area (Å²) in [7, 11) is 0. The third-order valence-corrected chi connectivity index (χ3v) is 3.06. The Morgan fingerprint density at radius 2 is 2.46 bits per heavy atom. The maximum absolute atomic E-state index is 10.3. The van der Waals surface area contributed by atoms with Crippen LogP contribution in [0, 0.1) is 6.92 Å². The van der Waals surface area contributed by atoms with Gasteiger partial charge < -0.3 is 10.8 Å². The molecule has 1 aromatic heterocycles. The lowest BCUT2D eigenvalue weighted by Gasteiger charge is -2.08. The predicted molar refractivity (Wildman–Crippen MR) is 52.9 cm³/mol. The molecule has 1 heterocycles. The Bertz CT molecular complexity index is 296. The van der Waals surface area contributed by atoms with Gasteiger partial charge in [0.25, 0.3) is 0 Å². The number of carbonyl (C=O) groups is 1. The lowest BCUT2D eigenvalue weighted by Crippen LogP contribution is -2.11. The zero-order valence-electron chi connectivity index (χ0n) is 7.49. The number of aryl methyl sites for hydroxylation is 1. The molecule has 1 rings (SSSR count). The maximum Gasteiger partial charge on any atom is 0.303 e. The standard InChI is InChI=1S/C9H13NO2S/c1-6-4-5-13-9(6)7(10)2-3-8(11)12/h4-5,7H,2-3,10H2,1H3,(H,11,12)/t7-/m0/s1. The number of nitrogens with two attached hydrogens (primary N) is 1. The molecule has 3 nitrogen and oxygen atoms in total. The molecular weight excluding hydrogens is 186 g/mol. The molecule has 0 radical (unpaired) electrons. The lowest BCUT2D eigenvalue weighted by atomic mass is 10.1. The average Bonchev–Trinajstić information content (AvgIpc) is 2.47. The predicted octanol–water partition coefficient (Wildman–Crippen LogP) is 1.92. The second-order valence-electron chi connectivity index (χ2n) is 3.01. The highest BCUT2D eigenvalue weighted by molar-refractivity contribution is 7.10. The van der Waals surface area contributed by atoms with Crippen LogP contribution in [-0.4, -0.2) is 11.1 Å². The van der Waals surface area contributed by atoms with Crippen LogP contribution in [0.4, 0.5) is 0 Å². The van der Waals surface area contributed by atoms with E-state index in [1.54, 1.807) is 11.3 Å². The number of carboxylic acids is 1. The van der Waals surface area contributed by atoms with Crippen molar-refractivity contribution in [2.45, 2.75) is 25.8 Å². The van der Waals surface area contributed by atoms with Gasteiger partial charge in [-0.3, -0.25) is 4.79 Å². The molecule has 0 aliphatic rings. The molecule has 0 spiro atoms. The summed E-state index contributed by atoms with van der Waals surface area (Å²) in [6, 6.07) is 1.87. The van der Waals surface area contributed by atoms with Crippen LogP contribution in [0.3, 0.4) is 0 Å². The first kappa shape index (κ1) is 10.2. The van der Waals surface area contributed by atoms with Crippen LogP contribution in [-0.2, 0) is 4.79 Å². The van der Waals surface area contributed by atoms with Crippen molar-refractivity contribution in [1.82, 2.24) is 0 Å². The normalized spacial score (nSPS) is 12.8. The second-order valence-corrected chi connectivity index (χ2v) is 3.95. The van der Waals surface area contributed by atoms with Gasteiger partial charge in [0.2, 0.25) is 0 Å². The lowest BCUT2D eigenvalue weighted by molar-refractivity contribution is -0.137. The van der Waals surface area contributed by atoms with Crippen molar-refractivity contribution < 1.29 is 9.90 Å². The van der Waals surface area contributed by atoms with E-state index in [0.717, 1.165) is 10.4 Å². The summed E-state index contributed by atoms with van der Waals surface area (Å²) >= 11 is 1.59. The molecule has 0 aromatic carbocycles. The molecule has 1 atom stereocenters. The Labute approximate surface area is 81.2 Å². The molecule has 0 saturated carbocycles. The molecule has 3 N–H and O–H groups in total. The van der Waals surface area contributed by atoms with E-state index in [1.165, 1.54) is 0 Å². The third kappa shape index (κ3) is 2.82. The number of thiophene rings is 1. The first-order valence-corrected chi connectivity index (χ1v) is 5.00. The fourth-order valence-corrected chi connectivity index (χ4v) is 2.14. The van der Waals surface area contributed by atoms with E-state index in [-0.39, 0.29) is 12.5 Å². The highest BCUT2D eigenvalue weighted by atomic mass is 32.1. The van der Waals surface area contributed by atoms with E-state index < -0.39 is 5.97 Å². The van der Waals surface area contributed by atoms with E-state index in [1.807, 2.05) is 18.4 Å². The Kier molecular flexibility index (Phi) is 3.45. The van der Waals surface area contributed by atoms with E-state index in [0.29, 0.717) is 6.42 Å². The Morgan fingerprint density at radius 3 is 2.92 bits per heavy atom. The fourth-order valence-electron chi connectivity index (χ4n) is 1.17. The van der Waals surface area contributed by atoms with Crippen molar-refractivity contribution in [2.75, 3.05) is 0 Å². The SMILES string of the molecule is Cc1ccsc1[C@@H](N)CCC(=O)O. The topological polar surface area (TPSA) is 63.3 Å². The van der Waals surface area contributed by atoms with Crippen molar-refractivity contribution >= 4 is 17.3 Å². The third-order valence-electron chi connectivity index (χ3n) is 1.91. The van der Waals surface area contributed by atoms with Crippen LogP contribution in [0.25, 0.3) is 0 Å². The van der Waals surface area contributed by atoms with Gasteiger partial charge in [-0.1, -0.05) is 0 Å². The zero-order valence-corrected chi connectivity index (χ0v) is 8.30. The molecule has 0 saturated heterocycles. The fraction of sp³-hybridized carbons (Fsp3) is 0.444. The average molecular weight is 199 g/mol. The highest BCUT2D eigenvalue weighted by Gasteiger charge is 2.11. The monoisotopic (exact) mass is 199 g/mol. The van der Waals surface area contributed by atoms with Crippen molar-refractivity contribution in [1.29, 1.82) is 0 Å². The Hall–Kier alpha value is -0.870. The molecule has 72 valence electrons. The van der Waals surface area contributed by atoms with Gasteiger partial charge in [-0.05, 0) is 30.4 Å². The zero-order chi connectivity index (χ0) is 9.84. The van der Waals surface area contributed by atoms with Gasteiger partial charge in [0.05, 0.1) is 0 Å². The summed E-state index contributed by atoms with van der Waals surface area (Å²) in [6.45, 7) is 1.99. The van der Waals surface area contributed by atoms with Crippen molar-refractivity contribution in [3.8, 4) is 0 Å². The van der Waals surface area contributed by atoms with Gasteiger partial charge >= 0.3 is 5.97 Å². The molecule has 0 fully saturated rings. The first-order chi connectivity index (χ1) is 6.11. The van der Waals surface area contributed by atoms with Gasteiger partial charge in [0, 0.05) is 17.3 Å². The van der Waals surface area contributed by atoms with Crippen molar-refractivity contribution in [3.05, 3.63) is 21.9 Å². The molecule has 4 heteroatoms. The maximum atomic E-state index is 10.3. The van der Waals surface area contributed by atoms with Crippen LogP contribution in [0.2, 0.25) is 0 Å². The number of rotatable bonds is 4. The summed E-state index contributed by atoms with van der Waals surface area (Å²) in [6.07, 6.45) is 0.648. The number of hydrogen-bond donors (Lipinski definition) is 2. The van der Waals surface area contributed by atoms with Crippen LogP contribution in [0.15, 0.2) is 11.4 Å². The summed E-state index contributed by atoms with van der Waals surface area (Å²) in [5.41, 5.74) is 6.99. The number of carboxylic acid groups (broad SMARTS) is 1. The van der Waals surface area contributed by atoms with Gasteiger partial charge in [-0.2, -0.15) is 0 Å². The minimum Gasteiger partial charge on any atom is -0.481 e. The Balaban J connectivity index is 2.53. The van der Waals surface area contributed by atoms with E-state index in [9.17, 15) is 4.79 Å². The molecule has 0 unspecified atom stereocenters. The molecule has 0 aliphatic heterocycles. The molecule has 0 bridgehead atoms. The number of hydrogen-bond acceptors (Lipinski definition) is 3. The van der Waals surface area contributed by atoms with Gasteiger partial charge in [-0.15, -0.1) is 11.3 Å². The van der Waals surface area contributed by atoms with Crippen molar-refractivity contribution in [2.24, 2.45) is 5.73 Å². The molecular formula is C9H13NO2S. The van der Waals surface area contributed by atoms with E-state index >= 15 is 0 Å². The minimum atomic E-state index is -0.787. The van der Waals surface area contributed by atoms with Crippen LogP contribution in [0.1, 0.15) is 29.3 Å². The summed E-state index contributed by atoms with van der Waals surface area (Å²) < 4.78 is 0. The van der Waals surface area contributed by atoms with Crippen LogP contribution < -0.4 is 5.73 Å². The Morgan fingerprint density at radius 1 is 1.77 bits per heavy atom. The molecule has 1 aromatic rings. The summed E-state index contributed by atoms with van der Waals surface area (Å²) in [4.78, 5) is 11.4. The largest absolute Gasteiger partial charge is 0.481 e. The van der Waals surface area contributed by atoms with Crippen LogP contribution in [0.5, 0.6) is 0 Å². The summed E-state index contributed by atoms with van der Waals surface area (Å²) in [5.74, 6) is -0.787. The van der Waals surface area contributed by atoms with Gasteiger partial charge in [-0.25, -0.2) is 0 Å². The molecule has 0 aliphatic carbocycles. The van der Waals surface area contributed by atoms with Crippen molar-refractivity contribution in [3.63, 3.8) is 0 Å². The van der Waals surface area contributed by atoms with E-state index in [2.05, 4.69) is 0 Å². The smallest absolute Gasteiger partial charge is 0.303 e. The molecule has 13 heavy (non-hydrogen) atoms. The minimum absolute atomic E-state index is 0.129. The number of aliphatic carboxylic acids is 1. The quantitative estimate of drug-likeness (QED) is 0.778. The van der Waals surface area contributed by atoms with E-state index in [4.69, 9.17) is 10.8 Å². The summed E-state index contributed by atoms with van der Waals surface area (Å²) in [5, 5.41) is 10.5. The molecule has 0 amide bonds.